The van der Waals surface area contributed by atoms with Gasteiger partial charge >= 0.3 is 0 Å². The molecule has 0 amide bonds. The lowest BCUT2D eigenvalue weighted by Gasteiger charge is -2.63. The largest absolute Gasteiger partial charge is 0.393 e. The van der Waals surface area contributed by atoms with Gasteiger partial charge < -0.3 is 5.11 Å². The number of hydrogen-bond donors (Lipinski definition) is 1. The van der Waals surface area contributed by atoms with Gasteiger partial charge in [0.2, 0.25) is 0 Å². The molecule has 0 unspecified atom stereocenters. The molecule has 0 heterocycles. The lowest BCUT2D eigenvalue weighted by molar-refractivity contribution is -0.157. The number of aliphatic hydroxyl groups is 1. The van der Waals surface area contributed by atoms with Crippen LogP contribution in [0.2, 0.25) is 0 Å². The zero-order valence-corrected chi connectivity index (χ0v) is 22.2. The fourth-order valence-corrected chi connectivity index (χ4v) is 10.8. The molecule has 2 spiro atoms. The smallest absolute Gasteiger partial charge is 0.0594 e. The first-order valence-corrected chi connectivity index (χ1v) is 13.9. The molecule has 0 aromatic rings. The number of aliphatic hydroxyl groups excluding tert-OH is 1. The van der Waals surface area contributed by atoms with Crippen molar-refractivity contribution in [2.45, 2.75) is 119 Å². The molecule has 180 valence electrons. The van der Waals surface area contributed by atoms with Gasteiger partial charge in [-0.15, -0.1) is 0 Å². The van der Waals surface area contributed by atoms with Crippen LogP contribution in [0.3, 0.4) is 0 Å². The third kappa shape index (κ3) is 2.67. The molecule has 1 heteroatoms. The maximum atomic E-state index is 10.9. The van der Waals surface area contributed by atoms with Gasteiger partial charge in [-0.05, 0) is 129 Å². The van der Waals surface area contributed by atoms with Crippen molar-refractivity contribution in [3.05, 3.63) is 23.8 Å². The lowest BCUT2D eigenvalue weighted by Crippen LogP contribution is -2.57. The van der Waals surface area contributed by atoms with E-state index < -0.39 is 0 Å². The summed E-state index contributed by atoms with van der Waals surface area (Å²) in [5.41, 5.74) is 5.18. The molecule has 0 saturated heterocycles. The molecule has 9 atom stereocenters. The Morgan fingerprint density at radius 1 is 0.906 bits per heavy atom. The molecule has 0 aromatic heterocycles. The summed E-state index contributed by atoms with van der Waals surface area (Å²) >= 11 is 0. The highest BCUT2D eigenvalue weighted by Gasteiger charge is 2.82. The van der Waals surface area contributed by atoms with Gasteiger partial charge in [0.15, 0.2) is 0 Å². The van der Waals surface area contributed by atoms with E-state index in [2.05, 4.69) is 61.1 Å². The van der Waals surface area contributed by atoms with Crippen molar-refractivity contribution in [2.75, 3.05) is 0 Å². The van der Waals surface area contributed by atoms with Crippen molar-refractivity contribution in [1.82, 2.24) is 0 Å². The molecule has 5 aliphatic rings. The molecule has 1 N–H and O–H groups in total. The summed E-state index contributed by atoms with van der Waals surface area (Å²) in [6.07, 6.45) is 15.9. The Bertz CT molecular complexity index is 835. The van der Waals surface area contributed by atoms with E-state index in [1.807, 2.05) is 0 Å². The minimum Gasteiger partial charge on any atom is -0.393 e. The number of allylic oxidation sites excluding steroid dienone is 3. The predicted molar refractivity (Wildman–Crippen MR) is 135 cm³/mol. The summed E-state index contributed by atoms with van der Waals surface area (Å²) in [7, 11) is 0. The number of fused-ring (bicyclic) bond motifs is 2. The molecule has 1 nitrogen and oxygen atoms in total. The van der Waals surface area contributed by atoms with Crippen molar-refractivity contribution >= 4 is 0 Å². The average molecular weight is 439 g/mol. The highest BCUT2D eigenvalue weighted by Crippen LogP contribution is 2.89. The van der Waals surface area contributed by atoms with Crippen molar-refractivity contribution in [2.24, 2.45) is 50.7 Å². The van der Waals surface area contributed by atoms with Crippen molar-refractivity contribution in [3.8, 4) is 0 Å². The van der Waals surface area contributed by atoms with Crippen molar-refractivity contribution < 1.29 is 5.11 Å². The summed E-state index contributed by atoms with van der Waals surface area (Å²) in [6, 6.07) is 0. The first kappa shape index (κ1) is 23.2. The molecule has 5 rings (SSSR count). The van der Waals surface area contributed by atoms with Crippen LogP contribution in [0.5, 0.6) is 0 Å². The number of hydrogen-bond acceptors (Lipinski definition) is 1. The van der Waals surface area contributed by atoms with Gasteiger partial charge in [0.25, 0.3) is 0 Å². The van der Waals surface area contributed by atoms with Crippen LogP contribution in [0.1, 0.15) is 113 Å². The molecule has 5 aliphatic carbocycles. The quantitative estimate of drug-likeness (QED) is 0.437. The summed E-state index contributed by atoms with van der Waals surface area (Å²) in [4.78, 5) is 0. The highest BCUT2D eigenvalue weighted by molar-refractivity contribution is 5.32. The SMILES string of the molecule is C=C(C)[C@@H](C)C/C=C(/C)[C@H]1CC[C@@]2(C)[C@@H]3CC[C@H]4C(C)(C)[C@@H](O)CC[C@@]45C[C@@]35CC[C@]12C. The van der Waals surface area contributed by atoms with Crippen LogP contribution < -0.4 is 0 Å². The summed E-state index contributed by atoms with van der Waals surface area (Å²) in [5.74, 6) is 3.00. The molecule has 5 saturated carbocycles. The van der Waals surface area contributed by atoms with E-state index in [9.17, 15) is 5.11 Å². The van der Waals surface area contributed by atoms with Crippen LogP contribution >= 0.6 is 0 Å². The van der Waals surface area contributed by atoms with Gasteiger partial charge in [-0.1, -0.05) is 58.4 Å². The van der Waals surface area contributed by atoms with Gasteiger partial charge in [-0.2, -0.15) is 0 Å². The van der Waals surface area contributed by atoms with Gasteiger partial charge in [0.05, 0.1) is 6.10 Å². The second-order valence-electron chi connectivity index (χ2n) is 14.4. The van der Waals surface area contributed by atoms with E-state index in [0.29, 0.717) is 27.6 Å². The zero-order chi connectivity index (χ0) is 23.3. The Morgan fingerprint density at radius 2 is 1.56 bits per heavy atom. The third-order valence-electron chi connectivity index (χ3n) is 13.3. The third-order valence-corrected chi connectivity index (χ3v) is 13.3. The Morgan fingerprint density at radius 3 is 2.25 bits per heavy atom. The number of rotatable bonds is 4. The van der Waals surface area contributed by atoms with Crippen LogP contribution in [-0.4, -0.2) is 11.2 Å². The first-order valence-electron chi connectivity index (χ1n) is 13.9. The van der Waals surface area contributed by atoms with Crippen molar-refractivity contribution in [3.63, 3.8) is 0 Å². The summed E-state index contributed by atoms with van der Waals surface area (Å²) in [5, 5.41) is 10.9. The fraction of sp³-hybridized carbons (Fsp3) is 0.871. The Balaban J connectivity index is 1.43. The summed E-state index contributed by atoms with van der Waals surface area (Å²) in [6.45, 7) is 21.3. The molecular weight excluding hydrogens is 388 g/mol. The van der Waals surface area contributed by atoms with Crippen LogP contribution in [-0.2, 0) is 0 Å². The van der Waals surface area contributed by atoms with Gasteiger partial charge in [-0.25, -0.2) is 0 Å². The Labute approximate surface area is 198 Å². The van der Waals surface area contributed by atoms with Gasteiger partial charge in [-0.3, -0.25) is 0 Å². The summed E-state index contributed by atoms with van der Waals surface area (Å²) < 4.78 is 0. The fourth-order valence-electron chi connectivity index (χ4n) is 10.8. The second kappa shape index (κ2) is 6.99. The van der Waals surface area contributed by atoms with Gasteiger partial charge in [0.1, 0.15) is 0 Å². The topological polar surface area (TPSA) is 20.2 Å². The van der Waals surface area contributed by atoms with E-state index >= 15 is 0 Å². The molecule has 5 fully saturated rings. The second-order valence-corrected chi connectivity index (χ2v) is 14.4. The first-order chi connectivity index (χ1) is 14.9. The van der Waals surface area contributed by atoms with Crippen LogP contribution in [0.25, 0.3) is 0 Å². The van der Waals surface area contributed by atoms with E-state index in [0.717, 1.165) is 30.6 Å². The Kier molecular flexibility index (Phi) is 5.07. The molecule has 0 bridgehead atoms. The minimum absolute atomic E-state index is 0.0954. The van der Waals surface area contributed by atoms with Crippen LogP contribution in [0, 0.1) is 50.7 Å². The standard InChI is InChI=1S/C31H50O/c1-20(2)21(3)9-10-22(4)23-13-15-29(8)25-12-11-24-27(5,6)26(32)14-16-30(24)19-31(25,30)18-17-28(23,29)7/h10,21,23-26,32H,1,9,11-19H2,2-8H3/b22-10-/t21-,23+,24-,25-,26-,28+,29-,30+,31-/m0/s1. The maximum Gasteiger partial charge on any atom is 0.0594 e. The molecule has 0 aromatic carbocycles. The van der Waals surface area contributed by atoms with Crippen LogP contribution in [0.15, 0.2) is 23.8 Å². The molecule has 32 heavy (non-hydrogen) atoms. The van der Waals surface area contributed by atoms with Crippen LogP contribution in [0.4, 0.5) is 0 Å². The average Bonchev–Trinajstić information content (AvgIpc) is 3.31. The molecule has 0 aliphatic heterocycles. The minimum atomic E-state index is -0.0954. The molecular formula is C31H50O. The Hall–Kier alpha value is -0.560. The maximum absolute atomic E-state index is 10.9. The van der Waals surface area contributed by atoms with E-state index in [4.69, 9.17) is 0 Å². The lowest BCUT2D eigenvalue weighted by atomic mass is 9.42. The molecule has 0 radical (unpaired) electrons. The van der Waals surface area contributed by atoms with Crippen molar-refractivity contribution in [1.29, 1.82) is 0 Å². The van der Waals surface area contributed by atoms with Gasteiger partial charge in [0, 0.05) is 0 Å². The predicted octanol–water partition coefficient (Wildman–Crippen LogP) is 8.34. The van der Waals surface area contributed by atoms with E-state index in [-0.39, 0.29) is 11.5 Å². The zero-order valence-electron chi connectivity index (χ0n) is 22.2. The van der Waals surface area contributed by atoms with E-state index in [1.54, 1.807) is 5.57 Å². The highest BCUT2D eigenvalue weighted by atomic mass is 16.3. The monoisotopic (exact) mass is 438 g/mol. The van der Waals surface area contributed by atoms with E-state index in [1.165, 1.54) is 56.9 Å². The normalized spacial score (nSPS) is 52.3.